The normalized spacial score (nSPS) is 21.3. The summed E-state index contributed by atoms with van der Waals surface area (Å²) in [4.78, 5) is 6.56. The Morgan fingerprint density at radius 2 is 2.19 bits per heavy atom. The predicted octanol–water partition coefficient (Wildman–Crippen LogP) is 3.71. The Bertz CT molecular complexity index is 668. The number of benzene rings is 1. The molecule has 3 rings (SSSR count). The Morgan fingerprint density at radius 1 is 1.43 bits per heavy atom. The molecule has 1 aromatic carbocycles. The first-order valence-corrected chi connectivity index (χ1v) is 7.60. The van der Waals surface area contributed by atoms with E-state index >= 15 is 0 Å². The first-order valence-electron chi connectivity index (χ1n) is 7.17. The second-order valence-electron chi connectivity index (χ2n) is 5.73. The van der Waals surface area contributed by atoms with Gasteiger partial charge in [0.1, 0.15) is 17.2 Å². The van der Waals surface area contributed by atoms with Crippen molar-refractivity contribution < 1.29 is 8.78 Å². The number of alkyl halides is 1. The van der Waals surface area contributed by atoms with E-state index in [1.807, 2.05) is 4.57 Å². The smallest absolute Gasteiger partial charge is 0.153 e. The lowest BCUT2D eigenvalue weighted by molar-refractivity contribution is 0.282. The SMILES string of the molecule is CC(Cl)c1nc2c(F)cc(F)cc2n1CC1CCCN1C. The van der Waals surface area contributed by atoms with E-state index < -0.39 is 11.6 Å². The third kappa shape index (κ3) is 2.64. The predicted molar refractivity (Wildman–Crippen MR) is 79.6 cm³/mol. The Hall–Kier alpha value is -1.20. The molecule has 114 valence electrons. The van der Waals surface area contributed by atoms with Gasteiger partial charge in [-0.05, 0) is 39.4 Å². The fourth-order valence-electron chi connectivity index (χ4n) is 3.08. The zero-order chi connectivity index (χ0) is 15.1. The Balaban J connectivity index is 2.11. The third-order valence-corrected chi connectivity index (χ3v) is 4.42. The second kappa shape index (κ2) is 5.54. The summed E-state index contributed by atoms with van der Waals surface area (Å²) in [5, 5.41) is -0.355. The van der Waals surface area contributed by atoms with Crippen LogP contribution >= 0.6 is 11.6 Å². The van der Waals surface area contributed by atoms with Crippen molar-refractivity contribution in [3.8, 4) is 0 Å². The highest BCUT2D eigenvalue weighted by Crippen LogP contribution is 2.29. The van der Waals surface area contributed by atoms with E-state index in [0.717, 1.165) is 25.5 Å². The van der Waals surface area contributed by atoms with Gasteiger partial charge in [0.05, 0.1) is 10.9 Å². The molecule has 1 fully saturated rings. The number of halogens is 3. The lowest BCUT2D eigenvalue weighted by Crippen LogP contribution is -2.30. The quantitative estimate of drug-likeness (QED) is 0.806. The lowest BCUT2D eigenvalue weighted by Gasteiger charge is -2.22. The highest BCUT2D eigenvalue weighted by atomic mass is 35.5. The molecule has 1 aliphatic rings. The molecule has 0 bridgehead atoms. The standard InChI is InChI=1S/C15H18ClF2N3/c1-9(16)15-19-14-12(18)6-10(17)7-13(14)21(15)8-11-4-3-5-20(11)2/h6-7,9,11H,3-5,8H2,1-2H3. The van der Waals surface area contributed by atoms with Crippen molar-refractivity contribution in [3.05, 3.63) is 29.6 Å². The van der Waals surface area contributed by atoms with Crippen LogP contribution in [0.1, 0.15) is 31.0 Å². The van der Waals surface area contributed by atoms with E-state index in [-0.39, 0.29) is 10.9 Å². The molecule has 6 heteroatoms. The van der Waals surface area contributed by atoms with Crippen LogP contribution in [0.25, 0.3) is 11.0 Å². The van der Waals surface area contributed by atoms with Gasteiger partial charge in [0.15, 0.2) is 5.82 Å². The summed E-state index contributed by atoms with van der Waals surface area (Å²) in [7, 11) is 2.07. The number of rotatable bonds is 3. The molecule has 0 radical (unpaired) electrons. The molecule has 0 aliphatic carbocycles. The lowest BCUT2D eigenvalue weighted by atomic mass is 10.2. The van der Waals surface area contributed by atoms with Crippen molar-refractivity contribution in [2.75, 3.05) is 13.6 Å². The zero-order valence-corrected chi connectivity index (χ0v) is 12.9. The first kappa shape index (κ1) is 14.7. The van der Waals surface area contributed by atoms with Crippen LogP contribution in [0.15, 0.2) is 12.1 Å². The molecule has 3 nitrogen and oxygen atoms in total. The molecule has 2 aromatic rings. The van der Waals surface area contributed by atoms with Gasteiger partial charge in [-0.25, -0.2) is 13.8 Å². The number of likely N-dealkylation sites (tertiary alicyclic amines) is 1. The minimum Gasteiger partial charge on any atom is -0.325 e. The van der Waals surface area contributed by atoms with Crippen LogP contribution in [0.4, 0.5) is 8.78 Å². The zero-order valence-electron chi connectivity index (χ0n) is 12.1. The molecule has 2 heterocycles. The monoisotopic (exact) mass is 313 g/mol. The van der Waals surface area contributed by atoms with Crippen molar-refractivity contribution in [2.24, 2.45) is 0 Å². The molecule has 21 heavy (non-hydrogen) atoms. The van der Waals surface area contributed by atoms with Gasteiger partial charge in [0.2, 0.25) is 0 Å². The fraction of sp³-hybridized carbons (Fsp3) is 0.533. The second-order valence-corrected chi connectivity index (χ2v) is 6.38. The highest BCUT2D eigenvalue weighted by molar-refractivity contribution is 6.20. The maximum Gasteiger partial charge on any atom is 0.153 e. The number of hydrogen-bond donors (Lipinski definition) is 0. The molecule has 0 amide bonds. The number of nitrogens with zero attached hydrogens (tertiary/aromatic N) is 3. The summed E-state index contributed by atoms with van der Waals surface area (Å²) in [5.74, 6) is -0.631. The van der Waals surface area contributed by atoms with E-state index in [4.69, 9.17) is 11.6 Å². The Labute approximate surface area is 127 Å². The van der Waals surface area contributed by atoms with Crippen molar-refractivity contribution in [1.29, 1.82) is 0 Å². The van der Waals surface area contributed by atoms with Crippen molar-refractivity contribution in [2.45, 2.75) is 37.7 Å². The van der Waals surface area contributed by atoms with Crippen molar-refractivity contribution in [3.63, 3.8) is 0 Å². The van der Waals surface area contributed by atoms with Gasteiger partial charge in [-0.2, -0.15) is 0 Å². The van der Waals surface area contributed by atoms with Crippen LogP contribution in [-0.4, -0.2) is 34.1 Å². The van der Waals surface area contributed by atoms with E-state index in [2.05, 4.69) is 16.9 Å². The fourth-order valence-corrected chi connectivity index (χ4v) is 3.25. The summed E-state index contributed by atoms with van der Waals surface area (Å²) in [5.41, 5.74) is 0.676. The van der Waals surface area contributed by atoms with E-state index in [9.17, 15) is 8.78 Å². The largest absolute Gasteiger partial charge is 0.325 e. The van der Waals surface area contributed by atoms with Crippen LogP contribution in [0.2, 0.25) is 0 Å². The number of imidazole rings is 1. The van der Waals surface area contributed by atoms with Gasteiger partial charge in [-0.3, -0.25) is 0 Å². The van der Waals surface area contributed by atoms with E-state index in [0.29, 0.717) is 23.9 Å². The number of hydrogen-bond acceptors (Lipinski definition) is 2. The van der Waals surface area contributed by atoms with Crippen molar-refractivity contribution in [1.82, 2.24) is 14.5 Å². The number of likely N-dealkylation sites (N-methyl/N-ethyl adjacent to an activating group) is 1. The molecule has 2 unspecified atom stereocenters. The summed E-state index contributed by atoms with van der Waals surface area (Å²) in [6, 6.07) is 2.55. The van der Waals surface area contributed by atoms with Crippen LogP contribution in [0, 0.1) is 11.6 Å². The third-order valence-electron chi connectivity index (χ3n) is 4.22. The molecular formula is C15H18ClF2N3. The van der Waals surface area contributed by atoms with Crippen LogP contribution in [0.3, 0.4) is 0 Å². The molecule has 0 spiro atoms. The average Bonchev–Trinajstić information content (AvgIpc) is 2.96. The molecular weight excluding hydrogens is 296 g/mol. The van der Waals surface area contributed by atoms with Crippen LogP contribution in [0.5, 0.6) is 0 Å². The highest BCUT2D eigenvalue weighted by Gasteiger charge is 2.25. The number of fused-ring (bicyclic) bond motifs is 1. The Kier molecular flexibility index (Phi) is 3.88. The maximum atomic E-state index is 13.9. The Morgan fingerprint density at radius 3 is 2.81 bits per heavy atom. The molecule has 1 saturated heterocycles. The topological polar surface area (TPSA) is 21.1 Å². The van der Waals surface area contributed by atoms with Gasteiger partial charge >= 0.3 is 0 Å². The average molecular weight is 314 g/mol. The van der Waals surface area contributed by atoms with Crippen LogP contribution < -0.4 is 0 Å². The molecule has 0 N–H and O–H groups in total. The number of aromatic nitrogens is 2. The summed E-state index contributed by atoms with van der Waals surface area (Å²) >= 11 is 6.18. The van der Waals surface area contributed by atoms with Gasteiger partial charge in [-0.15, -0.1) is 11.6 Å². The summed E-state index contributed by atoms with van der Waals surface area (Å²) < 4.78 is 29.3. The van der Waals surface area contributed by atoms with Gasteiger partial charge < -0.3 is 9.47 Å². The molecule has 1 aliphatic heterocycles. The summed E-state index contributed by atoms with van der Waals surface area (Å²) in [6.45, 7) is 3.50. The van der Waals surface area contributed by atoms with Crippen molar-refractivity contribution >= 4 is 22.6 Å². The van der Waals surface area contributed by atoms with E-state index in [1.54, 1.807) is 6.92 Å². The van der Waals surface area contributed by atoms with Gasteiger partial charge in [0.25, 0.3) is 0 Å². The molecule has 2 atom stereocenters. The van der Waals surface area contributed by atoms with Gasteiger partial charge in [0, 0.05) is 18.7 Å². The van der Waals surface area contributed by atoms with E-state index in [1.165, 1.54) is 6.07 Å². The minimum absolute atomic E-state index is 0.194. The van der Waals surface area contributed by atoms with Gasteiger partial charge in [-0.1, -0.05) is 0 Å². The maximum absolute atomic E-state index is 13.9. The van der Waals surface area contributed by atoms with Crippen LogP contribution in [-0.2, 0) is 6.54 Å². The summed E-state index contributed by atoms with van der Waals surface area (Å²) in [6.07, 6.45) is 2.21. The molecule has 0 saturated carbocycles. The first-order chi connectivity index (χ1) is 9.97. The molecule has 1 aromatic heterocycles. The minimum atomic E-state index is -0.637.